The van der Waals surface area contributed by atoms with Crippen LogP contribution in [0.5, 0.6) is 0 Å². The SMILES string of the molecule is CC1(C)CCC(NC2CC3CCC2O3)C1. The van der Waals surface area contributed by atoms with Crippen LogP contribution in [0.3, 0.4) is 0 Å². The molecule has 4 unspecified atom stereocenters. The first kappa shape index (κ1) is 10.1. The maximum Gasteiger partial charge on any atom is 0.0733 e. The monoisotopic (exact) mass is 209 g/mol. The topological polar surface area (TPSA) is 21.3 Å². The third kappa shape index (κ3) is 1.94. The second-order valence-electron chi connectivity index (χ2n) is 6.49. The van der Waals surface area contributed by atoms with Gasteiger partial charge in [-0.2, -0.15) is 0 Å². The fourth-order valence-corrected chi connectivity index (χ4v) is 3.69. The van der Waals surface area contributed by atoms with Crippen LogP contribution in [0.4, 0.5) is 0 Å². The number of hydrogen-bond donors (Lipinski definition) is 1. The van der Waals surface area contributed by atoms with Crippen molar-refractivity contribution in [1.82, 2.24) is 5.32 Å². The van der Waals surface area contributed by atoms with Gasteiger partial charge in [0.1, 0.15) is 0 Å². The lowest BCUT2D eigenvalue weighted by Crippen LogP contribution is -2.43. The van der Waals surface area contributed by atoms with Crippen molar-refractivity contribution < 1.29 is 4.74 Å². The fraction of sp³-hybridized carbons (Fsp3) is 1.00. The van der Waals surface area contributed by atoms with Crippen LogP contribution < -0.4 is 5.32 Å². The van der Waals surface area contributed by atoms with Crippen LogP contribution in [0, 0.1) is 5.41 Å². The summed E-state index contributed by atoms with van der Waals surface area (Å²) in [5, 5.41) is 3.84. The molecule has 86 valence electrons. The summed E-state index contributed by atoms with van der Waals surface area (Å²) in [6.45, 7) is 4.79. The van der Waals surface area contributed by atoms with Gasteiger partial charge in [-0.15, -0.1) is 0 Å². The molecule has 0 amide bonds. The molecule has 2 saturated heterocycles. The predicted octanol–water partition coefficient (Wildman–Crippen LogP) is 2.47. The Bertz CT molecular complexity index is 251. The zero-order chi connectivity index (χ0) is 10.5. The molecular weight excluding hydrogens is 186 g/mol. The minimum atomic E-state index is 0.540. The van der Waals surface area contributed by atoms with E-state index < -0.39 is 0 Å². The van der Waals surface area contributed by atoms with Gasteiger partial charge in [0.2, 0.25) is 0 Å². The molecule has 2 bridgehead atoms. The third-order valence-electron chi connectivity index (χ3n) is 4.52. The average molecular weight is 209 g/mol. The van der Waals surface area contributed by atoms with Crippen molar-refractivity contribution in [2.45, 2.75) is 76.7 Å². The van der Waals surface area contributed by atoms with Crippen molar-refractivity contribution in [1.29, 1.82) is 0 Å². The lowest BCUT2D eigenvalue weighted by atomic mass is 9.91. The van der Waals surface area contributed by atoms with E-state index in [4.69, 9.17) is 4.74 Å². The first-order chi connectivity index (χ1) is 7.12. The summed E-state index contributed by atoms with van der Waals surface area (Å²) in [5.41, 5.74) is 0.566. The van der Waals surface area contributed by atoms with E-state index in [-0.39, 0.29) is 0 Å². The second kappa shape index (κ2) is 3.46. The third-order valence-corrected chi connectivity index (χ3v) is 4.52. The Hall–Kier alpha value is -0.0800. The molecule has 1 N–H and O–H groups in total. The molecule has 1 aliphatic carbocycles. The highest BCUT2D eigenvalue weighted by molar-refractivity contribution is 4.97. The molecule has 2 nitrogen and oxygen atoms in total. The van der Waals surface area contributed by atoms with E-state index in [1.54, 1.807) is 0 Å². The smallest absolute Gasteiger partial charge is 0.0733 e. The molecule has 4 atom stereocenters. The van der Waals surface area contributed by atoms with E-state index in [1.165, 1.54) is 38.5 Å². The van der Waals surface area contributed by atoms with Gasteiger partial charge in [-0.25, -0.2) is 0 Å². The zero-order valence-corrected chi connectivity index (χ0v) is 9.96. The predicted molar refractivity (Wildman–Crippen MR) is 60.9 cm³/mol. The highest BCUT2D eigenvalue weighted by Crippen LogP contribution is 2.39. The minimum Gasteiger partial charge on any atom is -0.373 e. The molecule has 0 radical (unpaired) electrons. The minimum absolute atomic E-state index is 0.540. The van der Waals surface area contributed by atoms with Gasteiger partial charge < -0.3 is 10.1 Å². The van der Waals surface area contributed by atoms with Crippen LogP contribution >= 0.6 is 0 Å². The molecular formula is C13H23NO. The van der Waals surface area contributed by atoms with Crippen LogP contribution in [0.15, 0.2) is 0 Å². The van der Waals surface area contributed by atoms with Crippen LogP contribution in [0.25, 0.3) is 0 Å². The Morgan fingerprint density at radius 2 is 2.07 bits per heavy atom. The fourth-order valence-electron chi connectivity index (χ4n) is 3.69. The number of hydrogen-bond acceptors (Lipinski definition) is 2. The maximum absolute atomic E-state index is 5.88. The molecule has 2 heteroatoms. The molecule has 15 heavy (non-hydrogen) atoms. The first-order valence-corrected chi connectivity index (χ1v) is 6.54. The number of nitrogens with one attached hydrogen (secondary N) is 1. The van der Waals surface area contributed by atoms with Crippen LogP contribution in [0.2, 0.25) is 0 Å². The van der Waals surface area contributed by atoms with Gasteiger partial charge in [0.05, 0.1) is 12.2 Å². The average Bonchev–Trinajstić information content (AvgIpc) is 2.81. The van der Waals surface area contributed by atoms with Gasteiger partial charge in [0, 0.05) is 12.1 Å². The Balaban J connectivity index is 1.54. The number of fused-ring (bicyclic) bond motifs is 2. The highest BCUT2D eigenvalue weighted by atomic mass is 16.5. The van der Waals surface area contributed by atoms with Gasteiger partial charge in [-0.1, -0.05) is 13.8 Å². The Morgan fingerprint density at radius 1 is 1.20 bits per heavy atom. The van der Waals surface area contributed by atoms with E-state index in [1.807, 2.05) is 0 Å². The van der Waals surface area contributed by atoms with Crippen molar-refractivity contribution in [3.8, 4) is 0 Å². The summed E-state index contributed by atoms with van der Waals surface area (Å²) in [4.78, 5) is 0. The molecule has 2 heterocycles. The van der Waals surface area contributed by atoms with Gasteiger partial charge >= 0.3 is 0 Å². The van der Waals surface area contributed by atoms with Gasteiger partial charge in [0.25, 0.3) is 0 Å². The van der Waals surface area contributed by atoms with Crippen molar-refractivity contribution in [2.75, 3.05) is 0 Å². The summed E-state index contributed by atoms with van der Waals surface area (Å²) < 4.78 is 5.88. The summed E-state index contributed by atoms with van der Waals surface area (Å²) in [7, 11) is 0. The molecule has 3 aliphatic rings. The van der Waals surface area contributed by atoms with Crippen LogP contribution in [-0.2, 0) is 4.74 Å². The van der Waals surface area contributed by atoms with Crippen molar-refractivity contribution in [3.63, 3.8) is 0 Å². The van der Waals surface area contributed by atoms with Crippen LogP contribution in [-0.4, -0.2) is 24.3 Å². The molecule has 3 rings (SSSR count). The summed E-state index contributed by atoms with van der Waals surface area (Å²) in [5.74, 6) is 0. The Labute approximate surface area is 92.8 Å². The van der Waals surface area contributed by atoms with E-state index in [9.17, 15) is 0 Å². The Kier molecular flexibility index (Phi) is 2.33. The first-order valence-electron chi connectivity index (χ1n) is 6.54. The van der Waals surface area contributed by atoms with Crippen molar-refractivity contribution in [3.05, 3.63) is 0 Å². The molecule has 0 aromatic heterocycles. The lowest BCUT2D eigenvalue weighted by molar-refractivity contribution is 0.0958. The van der Waals surface area contributed by atoms with E-state index >= 15 is 0 Å². The number of ether oxygens (including phenoxy) is 1. The molecule has 1 saturated carbocycles. The molecule has 0 spiro atoms. The van der Waals surface area contributed by atoms with Gasteiger partial charge in [0.15, 0.2) is 0 Å². The van der Waals surface area contributed by atoms with Gasteiger partial charge in [-0.05, 0) is 43.9 Å². The summed E-state index contributed by atoms with van der Waals surface area (Å²) >= 11 is 0. The van der Waals surface area contributed by atoms with E-state index in [0.29, 0.717) is 23.7 Å². The lowest BCUT2D eigenvalue weighted by Gasteiger charge is -2.25. The largest absolute Gasteiger partial charge is 0.373 e. The molecule has 3 fully saturated rings. The standard InChI is InChI=1S/C13H23NO/c1-13(2)6-5-9(8-13)14-11-7-10-3-4-12(11)15-10/h9-12,14H,3-8H2,1-2H3. The highest BCUT2D eigenvalue weighted by Gasteiger charge is 2.42. The van der Waals surface area contributed by atoms with Crippen LogP contribution in [0.1, 0.15) is 52.4 Å². The van der Waals surface area contributed by atoms with Gasteiger partial charge in [-0.3, -0.25) is 0 Å². The zero-order valence-electron chi connectivity index (χ0n) is 9.96. The maximum atomic E-state index is 5.88. The second-order valence-corrected chi connectivity index (χ2v) is 6.49. The van der Waals surface area contributed by atoms with E-state index in [0.717, 1.165) is 6.04 Å². The normalized spacial score (nSPS) is 47.6. The molecule has 0 aromatic rings. The quantitative estimate of drug-likeness (QED) is 0.754. The van der Waals surface area contributed by atoms with Crippen molar-refractivity contribution in [2.24, 2.45) is 5.41 Å². The summed E-state index contributed by atoms with van der Waals surface area (Å²) in [6, 6.07) is 1.43. The molecule has 2 aliphatic heterocycles. The Morgan fingerprint density at radius 3 is 2.60 bits per heavy atom. The summed E-state index contributed by atoms with van der Waals surface area (Å²) in [6.07, 6.45) is 9.08. The molecule has 0 aromatic carbocycles. The van der Waals surface area contributed by atoms with E-state index in [2.05, 4.69) is 19.2 Å². The van der Waals surface area contributed by atoms with Crippen molar-refractivity contribution >= 4 is 0 Å². The number of rotatable bonds is 2.